The minimum Gasteiger partial charge on any atom is -0.467 e. The molecule has 0 spiro atoms. The standard InChI is InChI=1S/C21H18ClN5O2S/c1-14-11-15(22)7-8-17(14)24-19(28)13-30-21-26-25-20(18-6-2-3-9-23-18)27(21)12-16-5-4-10-29-16/h2-11H,12-13H2,1H3,(H,24,28). The SMILES string of the molecule is Cc1cc(Cl)ccc1NC(=O)CSc1nnc(-c2ccccn2)n1Cc1ccco1. The molecule has 1 aromatic carbocycles. The van der Waals surface area contributed by atoms with Crippen molar-refractivity contribution in [2.24, 2.45) is 0 Å². The van der Waals surface area contributed by atoms with Gasteiger partial charge in [0.05, 0.1) is 18.6 Å². The maximum atomic E-state index is 12.5. The van der Waals surface area contributed by atoms with Gasteiger partial charge < -0.3 is 9.73 Å². The van der Waals surface area contributed by atoms with Gasteiger partial charge in [-0.3, -0.25) is 14.3 Å². The number of amides is 1. The van der Waals surface area contributed by atoms with Crippen molar-refractivity contribution in [1.29, 1.82) is 0 Å². The number of benzene rings is 1. The number of anilines is 1. The number of halogens is 1. The molecule has 4 aromatic rings. The molecule has 3 aromatic heterocycles. The van der Waals surface area contributed by atoms with Gasteiger partial charge in [0.2, 0.25) is 5.91 Å². The number of furan rings is 1. The highest BCUT2D eigenvalue weighted by Crippen LogP contribution is 2.25. The first kappa shape index (κ1) is 20.2. The lowest BCUT2D eigenvalue weighted by atomic mass is 10.2. The number of carbonyl (C=O) groups is 1. The molecule has 0 saturated carbocycles. The molecule has 3 heterocycles. The first-order valence-corrected chi connectivity index (χ1v) is 10.5. The Morgan fingerprint density at radius 3 is 2.83 bits per heavy atom. The summed E-state index contributed by atoms with van der Waals surface area (Å²) in [6, 6.07) is 14.7. The number of hydrogen-bond acceptors (Lipinski definition) is 6. The largest absolute Gasteiger partial charge is 0.467 e. The number of aryl methyl sites for hydroxylation is 1. The highest BCUT2D eigenvalue weighted by atomic mass is 35.5. The quantitative estimate of drug-likeness (QED) is 0.421. The Hall–Kier alpha value is -3.10. The van der Waals surface area contributed by atoms with E-state index in [1.165, 1.54) is 11.8 Å². The monoisotopic (exact) mass is 439 g/mol. The fourth-order valence-corrected chi connectivity index (χ4v) is 3.83. The zero-order chi connectivity index (χ0) is 20.9. The van der Waals surface area contributed by atoms with E-state index in [4.69, 9.17) is 16.0 Å². The summed E-state index contributed by atoms with van der Waals surface area (Å²) >= 11 is 7.28. The van der Waals surface area contributed by atoms with Crippen molar-refractivity contribution in [3.63, 3.8) is 0 Å². The molecule has 0 radical (unpaired) electrons. The minimum absolute atomic E-state index is 0.141. The van der Waals surface area contributed by atoms with E-state index >= 15 is 0 Å². The lowest BCUT2D eigenvalue weighted by Crippen LogP contribution is -2.15. The Balaban J connectivity index is 1.52. The van der Waals surface area contributed by atoms with Gasteiger partial charge in [-0.2, -0.15) is 0 Å². The molecule has 7 nitrogen and oxygen atoms in total. The van der Waals surface area contributed by atoms with Crippen molar-refractivity contribution in [1.82, 2.24) is 19.7 Å². The zero-order valence-electron chi connectivity index (χ0n) is 16.1. The Bertz CT molecular complexity index is 1150. The summed E-state index contributed by atoms with van der Waals surface area (Å²) in [5.74, 6) is 1.41. The number of nitrogens with one attached hydrogen (secondary N) is 1. The van der Waals surface area contributed by atoms with Crippen LogP contribution in [0.3, 0.4) is 0 Å². The van der Waals surface area contributed by atoms with Gasteiger partial charge in [-0.1, -0.05) is 29.4 Å². The molecule has 0 aliphatic carbocycles. The average Bonchev–Trinajstić information content (AvgIpc) is 3.40. The normalized spacial score (nSPS) is 10.9. The summed E-state index contributed by atoms with van der Waals surface area (Å²) in [6.07, 6.45) is 3.32. The maximum Gasteiger partial charge on any atom is 0.234 e. The van der Waals surface area contributed by atoms with Gasteiger partial charge >= 0.3 is 0 Å². The van der Waals surface area contributed by atoms with Crippen molar-refractivity contribution >= 4 is 35.0 Å². The highest BCUT2D eigenvalue weighted by Gasteiger charge is 2.18. The Labute approximate surface area is 182 Å². The van der Waals surface area contributed by atoms with Gasteiger partial charge in [-0.05, 0) is 55.0 Å². The lowest BCUT2D eigenvalue weighted by molar-refractivity contribution is -0.113. The number of carbonyl (C=O) groups excluding carboxylic acids is 1. The molecule has 30 heavy (non-hydrogen) atoms. The maximum absolute atomic E-state index is 12.5. The van der Waals surface area contributed by atoms with Crippen LogP contribution >= 0.6 is 23.4 Å². The van der Waals surface area contributed by atoms with Crippen molar-refractivity contribution in [3.05, 3.63) is 77.3 Å². The Kier molecular flexibility index (Phi) is 6.15. The van der Waals surface area contributed by atoms with Crippen LogP contribution in [-0.2, 0) is 11.3 Å². The second kappa shape index (κ2) is 9.15. The molecule has 9 heteroatoms. The minimum atomic E-state index is -0.141. The third kappa shape index (κ3) is 4.72. The summed E-state index contributed by atoms with van der Waals surface area (Å²) in [4.78, 5) is 16.8. The summed E-state index contributed by atoms with van der Waals surface area (Å²) in [5.41, 5.74) is 2.33. The fourth-order valence-electron chi connectivity index (χ4n) is 2.86. The second-order valence-corrected chi connectivity index (χ2v) is 7.86. The first-order chi connectivity index (χ1) is 14.6. The summed E-state index contributed by atoms with van der Waals surface area (Å²) < 4.78 is 7.38. The second-order valence-electron chi connectivity index (χ2n) is 6.48. The molecule has 152 valence electrons. The molecule has 1 N–H and O–H groups in total. The average molecular weight is 440 g/mol. The smallest absolute Gasteiger partial charge is 0.234 e. The first-order valence-electron chi connectivity index (χ1n) is 9.16. The van der Waals surface area contributed by atoms with Crippen LogP contribution in [-0.4, -0.2) is 31.4 Å². The van der Waals surface area contributed by atoms with Gasteiger partial charge in [-0.15, -0.1) is 10.2 Å². The number of pyridine rings is 1. The van der Waals surface area contributed by atoms with Crippen LogP contribution in [0, 0.1) is 6.92 Å². The van der Waals surface area contributed by atoms with Gasteiger partial charge in [0, 0.05) is 16.9 Å². The predicted octanol–water partition coefficient (Wildman–Crippen LogP) is 4.67. The van der Waals surface area contributed by atoms with E-state index in [0.717, 1.165) is 17.0 Å². The number of nitrogens with zero attached hydrogens (tertiary/aromatic N) is 4. The summed E-state index contributed by atoms with van der Waals surface area (Å²) in [7, 11) is 0. The van der Waals surface area contributed by atoms with Crippen LogP contribution < -0.4 is 5.32 Å². The van der Waals surface area contributed by atoms with Crippen molar-refractivity contribution < 1.29 is 9.21 Å². The van der Waals surface area contributed by atoms with E-state index in [2.05, 4.69) is 20.5 Å². The number of aromatic nitrogens is 4. The van der Waals surface area contributed by atoms with Crippen LogP contribution in [0.5, 0.6) is 0 Å². The van der Waals surface area contributed by atoms with Crippen molar-refractivity contribution in [3.8, 4) is 11.5 Å². The van der Waals surface area contributed by atoms with Crippen molar-refractivity contribution in [2.75, 3.05) is 11.1 Å². The molecule has 0 aliphatic heterocycles. The van der Waals surface area contributed by atoms with Crippen LogP contribution in [0.1, 0.15) is 11.3 Å². The van der Waals surface area contributed by atoms with Crippen molar-refractivity contribution in [2.45, 2.75) is 18.6 Å². The molecule has 1 amide bonds. The number of thioether (sulfide) groups is 1. The summed E-state index contributed by atoms with van der Waals surface area (Å²) in [5, 5.41) is 12.7. The zero-order valence-corrected chi connectivity index (χ0v) is 17.7. The van der Waals surface area contributed by atoms with Gasteiger partial charge in [0.25, 0.3) is 0 Å². The van der Waals surface area contributed by atoms with Gasteiger partial charge in [0.1, 0.15) is 11.5 Å². The topological polar surface area (TPSA) is 85.8 Å². The van der Waals surface area contributed by atoms with Crippen LogP contribution in [0.25, 0.3) is 11.5 Å². The fraction of sp³-hybridized carbons (Fsp3) is 0.143. The molecule has 0 aliphatic rings. The molecular weight excluding hydrogens is 422 g/mol. The highest BCUT2D eigenvalue weighted by molar-refractivity contribution is 7.99. The van der Waals surface area contributed by atoms with E-state index in [1.807, 2.05) is 47.9 Å². The molecule has 4 rings (SSSR count). The van der Waals surface area contributed by atoms with Crippen LogP contribution in [0.15, 0.2) is 70.6 Å². The molecular formula is C21H18ClN5O2S. The number of hydrogen-bond donors (Lipinski definition) is 1. The van der Waals surface area contributed by atoms with Gasteiger partial charge in [-0.25, -0.2) is 0 Å². The molecule has 0 unspecified atom stereocenters. The summed E-state index contributed by atoms with van der Waals surface area (Å²) in [6.45, 7) is 2.33. The van der Waals surface area contributed by atoms with Crippen LogP contribution in [0.2, 0.25) is 5.02 Å². The predicted molar refractivity (Wildman–Crippen MR) is 117 cm³/mol. The van der Waals surface area contributed by atoms with E-state index in [-0.39, 0.29) is 11.7 Å². The third-order valence-corrected chi connectivity index (χ3v) is 5.50. The van der Waals surface area contributed by atoms with E-state index < -0.39 is 0 Å². The molecule has 0 bridgehead atoms. The van der Waals surface area contributed by atoms with E-state index in [9.17, 15) is 4.79 Å². The molecule has 0 atom stereocenters. The van der Waals surface area contributed by atoms with Crippen LogP contribution in [0.4, 0.5) is 5.69 Å². The third-order valence-electron chi connectivity index (χ3n) is 4.30. The number of rotatable bonds is 7. The molecule has 0 fully saturated rings. The van der Waals surface area contributed by atoms with E-state index in [1.54, 1.807) is 24.6 Å². The van der Waals surface area contributed by atoms with E-state index in [0.29, 0.717) is 28.2 Å². The van der Waals surface area contributed by atoms with Gasteiger partial charge in [0.15, 0.2) is 11.0 Å². The lowest BCUT2D eigenvalue weighted by Gasteiger charge is -2.10. The molecule has 0 saturated heterocycles. The Morgan fingerprint density at radius 2 is 2.10 bits per heavy atom. The Morgan fingerprint density at radius 1 is 1.20 bits per heavy atom.